The topological polar surface area (TPSA) is 59.6 Å². The van der Waals surface area contributed by atoms with Crippen molar-refractivity contribution in [2.45, 2.75) is 32.2 Å². The van der Waals surface area contributed by atoms with E-state index in [2.05, 4.69) is 10.6 Å². The molecule has 2 fully saturated rings. The van der Waals surface area contributed by atoms with E-state index in [0.29, 0.717) is 25.7 Å². The first-order valence-corrected chi connectivity index (χ1v) is 8.95. The molecule has 140 valence electrons. The average Bonchev–Trinajstić information content (AvgIpc) is 3.06. The number of amides is 1. The molecular formula is C19H29ClN2O3. The van der Waals surface area contributed by atoms with Crippen molar-refractivity contribution in [2.75, 3.05) is 33.4 Å². The van der Waals surface area contributed by atoms with Crippen molar-refractivity contribution in [1.29, 1.82) is 0 Å². The molecule has 0 unspecified atom stereocenters. The minimum absolute atomic E-state index is 0. The molecule has 0 spiro atoms. The van der Waals surface area contributed by atoms with Gasteiger partial charge in [-0.15, -0.1) is 12.4 Å². The molecule has 0 aromatic heterocycles. The maximum atomic E-state index is 12.9. The summed E-state index contributed by atoms with van der Waals surface area (Å²) in [5.41, 5.74) is 0.807. The van der Waals surface area contributed by atoms with Crippen molar-refractivity contribution in [3.05, 3.63) is 29.8 Å². The van der Waals surface area contributed by atoms with E-state index in [1.165, 1.54) is 6.42 Å². The molecule has 1 heterocycles. The predicted molar refractivity (Wildman–Crippen MR) is 100 cm³/mol. The highest BCUT2D eigenvalue weighted by molar-refractivity contribution is 5.85. The third kappa shape index (κ3) is 4.46. The number of hydrogen-bond donors (Lipinski definition) is 2. The molecule has 1 aliphatic carbocycles. The Morgan fingerprint density at radius 1 is 1.32 bits per heavy atom. The monoisotopic (exact) mass is 368 g/mol. The van der Waals surface area contributed by atoms with Gasteiger partial charge >= 0.3 is 0 Å². The quantitative estimate of drug-likeness (QED) is 0.726. The van der Waals surface area contributed by atoms with Crippen molar-refractivity contribution in [1.82, 2.24) is 10.6 Å². The van der Waals surface area contributed by atoms with Gasteiger partial charge in [0.05, 0.1) is 12.0 Å². The Hall–Kier alpha value is -1.30. The van der Waals surface area contributed by atoms with Crippen LogP contribution < -0.4 is 15.4 Å². The number of hydrogen-bond acceptors (Lipinski definition) is 4. The Morgan fingerprint density at radius 3 is 3.00 bits per heavy atom. The minimum atomic E-state index is -0.204. The third-order valence-electron chi connectivity index (χ3n) is 5.45. The van der Waals surface area contributed by atoms with E-state index in [9.17, 15) is 4.79 Å². The van der Waals surface area contributed by atoms with Crippen LogP contribution in [0, 0.1) is 11.3 Å². The maximum absolute atomic E-state index is 12.9. The Bertz CT molecular complexity index is 569. The second-order valence-corrected chi connectivity index (χ2v) is 6.86. The van der Waals surface area contributed by atoms with Crippen LogP contribution in [-0.4, -0.2) is 39.3 Å². The lowest BCUT2D eigenvalue weighted by Crippen LogP contribution is -2.47. The smallest absolute Gasteiger partial charge is 0.228 e. The summed E-state index contributed by atoms with van der Waals surface area (Å²) >= 11 is 0. The lowest BCUT2D eigenvalue weighted by Gasteiger charge is -2.37. The Kier molecular flexibility index (Phi) is 7.54. The van der Waals surface area contributed by atoms with E-state index >= 15 is 0 Å². The largest absolute Gasteiger partial charge is 0.491 e. The molecule has 2 N–H and O–H groups in total. The standard InChI is InChI=1S/C19H28N2O3.ClH/c1-23-10-11-24-17-8-3-2-6-15(17)12-21-18(22)19-9-5-4-7-16(19)13-20-14-19;/h2-3,6,8,16,20H,4-5,7,9-14H2,1H3,(H,21,22);1H/t16-,19+;/m0./s1. The van der Waals surface area contributed by atoms with Gasteiger partial charge < -0.3 is 20.1 Å². The molecule has 0 bridgehead atoms. The average molecular weight is 369 g/mol. The fraction of sp³-hybridized carbons (Fsp3) is 0.632. The minimum Gasteiger partial charge on any atom is -0.491 e. The summed E-state index contributed by atoms with van der Waals surface area (Å²) in [6.45, 7) is 3.37. The van der Waals surface area contributed by atoms with Crippen molar-refractivity contribution < 1.29 is 14.3 Å². The molecule has 1 aromatic carbocycles. The van der Waals surface area contributed by atoms with Gasteiger partial charge in [0, 0.05) is 25.8 Å². The van der Waals surface area contributed by atoms with Crippen LogP contribution >= 0.6 is 12.4 Å². The number of fused-ring (bicyclic) bond motifs is 1. The number of rotatable bonds is 7. The van der Waals surface area contributed by atoms with Crippen molar-refractivity contribution in [3.8, 4) is 5.75 Å². The van der Waals surface area contributed by atoms with Crippen LogP contribution in [0.4, 0.5) is 0 Å². The molecule has 1 saturated carbocycles. The lowest BCUT2D eigenvalue weighted by molar-refractivity contribution is -0.134. The van der Waals surface area contributed by atoms with Crippen LogP contribution in [0.3, 0.4) is 0 Å². The molecule has 2 atom stereocenters. The van der Waals surface area contributed by atoms with Crippen LogP contribution in [0.15, 0.2) is 24.3 Å². The lowest BCUT2D eigenvalue weighted by atomic mass is 9.67. The van der Waals surface area contributed by atoms with E-state index < -0.39 is 0 Å². The van der Waals surface area contributed by atoms with Crippen LogP contribution in [0.2, 0.25) is 0 Å². The molecule has 1 amide bonds. The van der Waals surface area contributed by atoms with Crippen molar-refractivity contribution in [3.63, 3.8) is 0 Å². The molecular weight excluding hydrogens is 340 g/mol. The zero-order valence-corrected chi connectivity index (χ0v) is 15.7. The Balaban J connectivity index is 0.00000225. The molecule has 5 nitrogen and oxygen atoms in total. The summed E-state index contributed by atoms with van der Waals surface area (Å²) in [4.78, 5) is 12.9. The van der Waals surface area contributed by atoms with E-state index in [0.717, 1.165) is 43.7 Å². The zero-order chi connectivity index (χ0) is 16.8. The van der Waals surface area contributed by atoms with Crippen LogP contribution in [-0.2, 0) is 16.1 Å². The zero-order valence-electron chi connectivity index (χ0n) is 14.9. The summed E-state index contributed by atoms with van der Waals surface area (Å²) < 4.78 is 10.8. The van der Waals surface area contributed by atoms with Gasteiger partial charge in [0.15, 0.2) is 0 Å². The number of carbonyl (C=O) groups is 1. The van der Waals surface area contributed by atoms with Gasteiger partial charge in [-0.1, -0.05) is 31.0 Å². The molecule has 3 rings (SSSR count). The number of methoxy groups -OCH3 is 1. The van der Waals surface area contributed by atoms with Gasteiger partial charge in [0.2, 0.25) is 5.91 Å². The van der Waals surface area contributed by atoms with Crippen molar-refractivity contribution in [2.24, 2.45) is 11.3 Å². The first kappa shape index (κ1) is 20.0. The molecule has 2 aliphatic rings. The third-order valence-corrected chi connectivity index (χ3v) is 5.45. The van der Waals surface area contributed by atoms with Gasteiger partial charge in [-0.05, 0) is 31.4 Å². The molecule has 1 aliphatic heterocycles. The number of nitrogens with one attached hydrogen (secondary N) is 2. The second kappa shape index (κ2) is 9.41. The molecule has 25 heavy (non-hydrogen) atoms. The van der Waals surface area contributed by atoms with Gasteiger partial charge in [-0.25, -0.2) is 0 Å². The molecule has 1 aromatic rings. The highest BCUT2D eigenvalue weighted by atomic mass is 35.5. The van der Waals surface area contributed by atoms with Crippen LogP contribution in [0.25, 0.3) is 0 Å². The number of halogens is 1. The normalized spacial score (nSPS) is 24.9. The van der Waals surface area contributed by atoms with Crippen LogP contribution in [0.5, 0.6) is 5.75 Å². The SMILES string of the molecule is COCCOc1ccccc1CNC(=O)[C@@]12CCCC[C@H]1CNC2.Cl. The van der Waals surface area contributed by atoms with E-state index in [-0.39, 0.29) is 23.7 Å². The summed E-state index contributed by atoms with van der Waals surface area (Å²) in [6.07, 6.45) is 4.57. The van der Waals surface area contributed by atoms with Gasteiger partial charge in [0.25, 0.3) is 0 Å². The van der Waals surface area contributed by atoms with E-state index in [4.69, 9.17) is 9.47 Å². The summed E-state index contributed by atoms with van der Waals surface area (Å²) in [5, 5.41) is 6.60. The number of benzene rings is 1. The highest BCUT2D eigenvalue weighted by Gasteiger charge is 2.49. The molecule has 1 saturated heterocycles. The van der Waals surface area contributed by atoms with Gasteiger partial charge in [0.1, 0.15) is 12.4 Å². The maximum Gasteiger partial charge on any atom is 0.228 e. The van der Waals surface area contributed by atoms with E-state index in [1.54, 1.807) is 7.11 Å². The van der Waals surface area contributed by atoms with E-state index in [1.807, 2.05) is 24.3 Å². The summed E-state index contributed by atoms with van der Waals surface area (Å²) in [6, 6.07) is 7.87. The fourth-order valence-electron chi connectivity index (χ4n) is 4.07. The van der Waals surface area contributed by atoms with Gasteiger partial charge in [-0.3, -0.25) is 4.79 Å². The highest BCUT2D eigenvalue weighted by Crippen LogP contribution is 2.43. The predicted octanol–water partition coefficient (Wildman–Crippen LogP) is 2.53. The van der Waals surface area contributed by atoms with Gasteiger partial charge in [-0.2, -0.15) is 0 Å². The van der Waals surface area contributed by atoms with Crippen LogP contribution in [0.1, 0.15) is 31.2 Å². The number of carbonyl (C=O) groups excluding carboxylic acids is 1. The summed E-state index contributed by atoms with van der Waals surface area (Å²) in [7, 11) is 1.66. The first-order chi connectivity index (χ1) is 11.8. The summed E-state index contributed by atoms with van der Waals surface area (Å²) in [5.74, 6) is 1.50. The van der Waals surface area contributed by atoms with Crippen molar-refractivity contribution >= 4 is 18.3 Å². The molecule has 0 radical (unpaired) electrons. The fourth-order valence-corrected chi connectivity index (χ4v) is 4.07. The number of para-hydroxylation sites is 1. The molecule has 6 heteroatoms. The Morgan fingerprint density at radius 2 is 2.16 bits per heavy atom. The number of ether oxygens (including phenoxy) is 2. The first-order valence-electron chi connectivity index (χ1n) is 8.95. The Labute approximate surface area is 156 Å². The second-order valence-electron chi connectivity index (χ2n) is 6.86.